The maximum Gasteiger partial charge on any atom is 0.167 e. The summed E-state index contributed by atoms with van der Waals surface area (Å²) in [5.74, 6) is 0.534. The van der Waals surface area contributed by atoms with Crippen LogP contribution in [0.3, 0.4) is 0 Å². The first-order valence-electron chi connectivity index (χ1n) is 7.45. The first-order valence-corrected chi connectivity index (χ1v) is 7.45. The fourth-order valence-corrected chi connectivity index (χ4v) is 2.92. The number of aryl methyl sites for hydroxylation is 2. The second-order valence-corrected chi connectivity index (χ2v) is 5.80. The second-order valence-electron chi connectivity index (χ2n) is 5.80. The van der Waals surface area contributed by atoms with E-state index >= 15 is 0 Å². The van der Waals surface area contributed by atoms with Crippen molar-refractivity contribution in [1.82, 2.24) is 4.90 Å². The number of carbonyl (C=O) groups is 1. The summed E-state index contributed by atoms with van der Waals surface area (Å²) < 4.78 is 0. The zero-order chi connectivity index (χ0) is 13.8. The smallest absolute Gasteiger partial charge is 0.167 e. The molecule has 1 unspecified atom stereocenters. The van der Waals surface area contributed by atoms with Gasteiger partial charge in [-0.25, -0.2) is 0 Å². The first kappa shape index (κ1) is 14.3. The van der Waals surface area contributed by atoms with Gasteiger partial charge in [-0.05, 0) is 63.4 Å². The van der Waals surface area contributed by atoms with Crippen LogP contribution < -0.4 is 0 Å². The molecule has 2 rings (SSSR count). The van der Waals surface area contributed by atoms with Gasteiger partial charge in [-0.3, -0.25) is 4.79 Å². The molecule has 19 heavy (non-hydrogen) atoms. The molecule has 1 saturated heterocycles. The molecule has 2 nitrogen and oxygen atoms in total. The van der Waals surface area contributed by atoms with Crippen LogP contribution in [0.25, 0.3) is 0 Å². The lowest BCUT2D eigenvalue weighted by Crippen LogP contribution is -2.39. The van der Waals surface area contributed by atoms with Crippen LogP contribution in [0.15, 0.2) is 18.2 Å². The number of nitrogens with zero attached hydrogens (tertiary/aromatic N) is 1. The maximum absolute atomic E-state index is 12.6. The van der Waals surface area contributed by atoms with Crippen molar-refractivity contribution in [3.8, 4) is 0 Å². The van der Waals surface area contributed by atoms with Crippen molar-refractivity contribution in [3.63, 3.8) is 0 Å². The Kier molecular flexibility index (Phi) is 4.76. The molecule has 1 aromatic rings. The minimum absolute atomic E-state index is 0.197. The second kappa shape index (κ2) is 6.33. The number of hydrogen-bond acceptors (Lipinski definition) is 2. The molecule has 0 N–H and O–H groups in total. The summed E-state index contributed by atoms with van der Waals surface area (Å²) >= 11 is 0. The van der Waals surface area contributed by atoms with Crippen molar-refractivity contribution in [2.24, 2.45) is 5.92 Å². The standard InChI is InChI=1S/C17H25NO/c1-4-9-18-10-5-6-16(12-18)17(19)15-8-7-13(2)14(3)11-15/h7-8,11,16H,4-6,9-10,12H2,1-3H3. The summed E-state index contributed by atoms with van der Waals surface area (Å²) in [6.45, 7) is 9.60. The molecule has 0 bridgehead atoms. The minimum Gasteiger partial charge on any atom is -0.303 e. The zero-order valence-electron chi connectivity index (χ0n) is 12.4. The summed E-state index contributed by atoms with van der Waals surface area (Å²) in [5, 5.41) is 0. The molecule has 0 aliphatic carbocycles. The topological polar surface area (TPSA) is 20.3 Å². The fraction of sp³-hybridized carbons (Fsp3) is 0.588. The minimum atomic E-state index is 0.197. The third kappa shape index (κ3) is 3.44. The van der Waals surface area contributed by atoms with E-state index in [1.807, 2.05) is 6.07 Å². The lowest BCUT2D eigenvalue weighted by molar-refractivity contribution is 0.0820. The molecule has 1 aliphatic heterocycles. The SMILES string of the molecule is CCCN1CCCC(C(=O)c2ccc(C)c(C)c2)C1. The highest BCUT2D eigenvalue weighted by Crippen LogP contribution is 2.22. The number of ketones is 1. The molecule has 0 aromatic heterocycles. The summed E-state index contributed by atoms with van der Waals surface area (Å²) in [7, 11) is 0. The number of likely N-dealkylation sites (tertiary alicyclic amines) is 1. The lowest BCUT2D eigenvalue weighted by Gasteiger charge is -2.31. The van der Waals surface area contributed by atoms with Crippen LogP contribution in [0.5, 0.6) is 0 Å². The van der Waals surface area contributed by atoms with E-state index < -0.39 is 0 Å². The van der Waals surface area contributed by atoms with Crippen molar-refractivity contribution in [1.29, 1.82) is 0 Å². The van der Waals surface area contributed by atoms with Crippen LogP contribution in [0.1, 0.15) is 47.7 Å². The molecule has 104 valence electrons. The third-order valence-corrected chi connectivity index (χ3v) is 4.21. The van der Waals surface area contributed by atoms with E-state index in [9.17, 15) is 4.79 Å². The van der Waals surface area contributed by atoms with Gasteiger partial charge in [0.15, 0.2) is 5.78 Å². The highest BCUT2D eigenvalue weighted by molar-refractivity contribution is 5.98. The highest BCUT2D eigenvalue weighted by atomic mass is 16.1. The van der Waals surface area contributed by atoms with Crippen LogP contribution >= 0.6 is 0 Å². The van der Waals surface area contributed by atoms with Gasteiger partial charge in [0.05, 0.1) is 0 Å². The van der Waals surface area contributed by atoms with E-state index in [2.05, 4.69) is 37.8 Å². The van der Waals surface area contributed by atoms with E-state index in [-0.39, 0.29) is 5.92 Å². The van der Waals surface area contributed by atoms with Gasteiger partial charge >= 0.3 is 0 Å². The number of hydrogen-bond donors (Lipinski definition) is 0. The number of carbonyl (C=O) groups excluding carboxylic acids is 1. The van der Waals surface area contributed by atoms with Gasteiger partial charge in [0.25, 0.3) is 0 Å². The Morgan fingerprint density at radius 2 is 2.11 bits per heavy atom. The largest absolute Gasteiger partial charge is 0.303 e. The molecule has 1 aromatic carbocycles. The van der Waals surface area contributed by atoms with E-state index in [1.54, 1.807) is 0 Å². The molecule has 0 spiro atoms. The molecule has 0 radical (unpaired) electrons. The molecule has 0 saturated carbocycles. The Morgan fingerprint density at radius 1 is 1.32 bits per heavy atom. The molecule has 1 aliphatic rings. The van der Waals surface area contributed by atoms with Gasteiger partial charge in [-0.1, -0.05) is 19.1 Å². The van der Waals surface area contributed by atoms with Crippen molar-refractivity contribution in [2.75, 3.05) is 19.6 Å². The number of benzene rings is 1. The predicted octanol–water partition coefficient (Wildman–Crippen LogP) is 3.61. The Hall–Kier alpha value is -1.15. The fourth-order valence-electron chi connectivity index (χ4n) is 2.92. The van der Waals surface area contributed by atoms with Crippen molar-refractivity contribution < 1.29 is 4.79 Å². The Bertz CT molecular complexity index is 451. The van der Waals surface area contributed by atoms with Crippen LogP contribution in [-0.4, -0.2) is 30.3 Å². The average molecular weight is 259 g/mol. The molecule has 1 atom stereocenters. The zero-order valence-corrected chi connectivity index (χ0v) is 12.4. The normalized spacial score (nSPS) is 20.5. The van der Waals surface area contributed by atoms with Crippen molar-refractivity contribution in [3.05, 3.63) is 34.9 Å². The quantitative estimate of drug-likeness (QED) is 0.770. The van der Waals surface area contributed by atoms with Gasteiger partial charge in [0.2, 0.25) is 0 Å². The molecule has 1 fully saturated rings. The average Bonchev–Trinajstić information content (AvgIpc) is 2.42. The molecule has 1 heterocycles. The van der Waals surface area contributed by atoms with Crippen molar-refractivity contribution in [2.45, 2.75) is 40.0 Å². The Balaban J connectivity index is 2.08. The Morgan fingerprint density at radius 3 is 2.79 bits per heavy atom. The van der Waals surface area contributed by atoms with E-state index in [0.29, 0.717) is 5.78 Å². The Labute approximate surface area is 116 Å². The highest BCUT2D eigenvalue weighted by Gasteiger charge is 2.26. The summed E-state index contributed by atoms with van der Waals surface area (Å²) in [4.78, 5) is 15.0. The summed E-state index contributed by atoms with van der Waals surface area (Å²) in [6, 6.07) is 6.11. The van der Waals surface area contributed by atoms with Crippen LogP contribution in [0.4, 0.5) is 0 Å². The predicted molar refractivity (Wildman–Crippen MR) is 79.7 cm³/mol. The van der Waals surface area contributed by atoms with Gasteiger partial charge in [-0.15, -0.1) is 0 Å². The number of rotatable bonds is 4. The van der Waals surface area contributed by atoms with Gasteiger partial charge in [0.1, 0.15) is 0 Å². The maximum atomic E-state index is 12.6. The van der Waals surface area contributed by atoms with E-state index in [0.717, 1.165) is 38.0 Å². The molecular weight excluding hydrogens is 234 g/mol. The molecule has 2 heteroatoms. The lowest BCUT2D eigenvalue weighted by atomic mass is 9.89. The molecular formula is C17H25NO. The summed E-state index contributed by atoms with van der Waals surface area (Å²) in [5.41, 5.74) is 3.37. The number of piperidine rings is 1. The number of Topliss-reactive ketones (excluding diaryl/α,β-unsaturated/α-hetero) is 1. The van der Waals surface area contributed by atoms with Crippen molar-refractivity contribution >= 4 is 5.78 Å². The van der Waals surface area contributed by atoms with Gasteiger partial charge in [-0.2, -0.15) is 0 Å². The van der Waals surface area contributed by atoms with Crippen LogP contribution in [0, 0.1) is 19.8 Å². The van der Waals surface area contributed by atoms with Crippen LogP contribution in [-0.2, 0) is 0 Å². The van der Waals surface area contributed by atoms with Gasteiger partial charge in [0, 0.05) is 18.0 Å². The monoisotopic (exact) mass is 259 g/mol. The van der Waals surface area contributed by atoms with E-state index in [4.69, 9.17) is 0 Å². The van der Waals surface area contributed by atoms with Gasteiger partial charge < -0.3 is 4.90 Å². The third-order valence-electron chi connectivity index (χ3n) is 4.21. The van der Waals surface area contributed by atoms with Crippen LogP contribution in [0.2, 0.25) is 0 Å². The van der Waals surface area contributed by atoms with E-state index in [1.165, 1.54) is 17.5 Å². The molecule has 0 amide bonds. The summed E-state index contributed by atoms with van der Waals surface area (Å²) in [6.07, 6.45) is 3.37. The first-order chi connectivity index (χ1) is 9.11.